The summed E-state index contributed by atoms with van der Waals surface area (Å²) in [7, 11) is 2.75. The summed E-state index contributed by atoms with van der Waals surface area (Å²) in [4.78, 5) is 22.6. The third kappa shape index (κ3) is 10.7. The number of benzene rings is 2. The fraction of sp³-hybridized carbons (Fsp3) is 0.357. The van der Waals surface area contributed by atoms with Gasteiger partial charge in [0.1, 0.15) is 11.5 Å². The molecule has 2 N–H and O–H groups in total. The van der Waals surface area contributed by atoms with Crippen LogP contribution in [0.25, 0.3) is 0 Å². The van der Waals surface area contributed by atoms with E-state index in [0.717, 1.165) is 24.0 Å². The number of phenols is 2. The molecule has 6 nitrogen and oxygen atoms in total. The van der Waals surface area contributed by atoms with Gasteiger partial charge in [0, 0.05) is 12.3 Å². The van der Waals surface area contributed by atoms with E-state index >= 15 is 0 Å². The van der Waals surface area contributed by atoms with Crippen LogP contribution in [0.15, 0.2) is 60.7 Å². The monoisotopic (exact) mass is 466 g/mol. The minimum Gasteiger partial charge on any atom is -0.508 e. The van der Waals surface area contributed by atoms with Crippen LogP contribution in [0.5, 0.6) is 11.5 Å². The predicted molar refractivity (Wildman–Crippen MR) is 132 cm³/mol. The van der Waals surface area contributed by atoms with Gasteiger partial charge in [0.05, 0.1) is 33.0 Å². The third-order valence-corrected chi connectivity index (χ3v) is 4.89. The lowest BCUT2D eigenvalue weighted by Crippen LogP contribution is -2.07. The largest absolute Gasteiger partial charge is 0.508 e. The number of carbonyl (C=O) groups is 2. The molecule has 0 aromatic heterocycles. The van der Waals surface area contributed by atoms with Gasteiger partial charge in [-0.05, 0) is 41.8 Å². The van der Waals surface area contributed by atoms with E-state index in [9.17, 15) is 19.8 Å². The number of allylic oxidation sites excluding steroid dienone is 2. The Labute approximate surface area is 202 Å². The maximum Gasteiger partial charge on any atom is 0.307 e. The van der Waals surface area contributed by atoms with Crippen molar-refractivity contribution in [3.8, 4) is 23.3 Å². The number of hydrogen-bond donors (Lipinski definition) is 2. The molecule has 0 amide bonds. The molecule has 2 aromatic rings. The Kier molecular flexibility index (Phi) is 13.3. The SMILES string of the molecule is CC/C=C\[C@H](CC(=O)OC)c1ccc(O)cc1.CCC#C[C@H](CC(=O)OC)c1ccc(O)cc1. The first-order valence-electron chi connectivity index (χ1n) is 11.2. The molecule has 0 radical (unpaired) electrons. The molecule has 0 saturated carbocycles. The van der Waals surface area contributed by atoms with Crippen molar-refractivity contribution < 1.29 is 29.3 Å². The Morgan fingerprint density at radius 3 is 1.82 bits per heavy atom. The van der Waals surface area contributed by atoms with Crippen LogP contribution in [0.1, 0.15) is 62.5 Å². The third-order valence-electron chi connectivity index (χ3n) is 4.89. The lowest BCUT2D eigenvalue weighted by Gasteiger charge is -2.12. The van der Waals surface area contributed by atoms with Crippen molar-refractivity contribution in [1.29, 1.82) is 0 Å². The average molecular weight is 467 g/mol. The number of aromatic hydroxyl groups is 2. The number of methoxy groups -OCH3 is 2. The summed E-state index contributed by atoms with van der Waals surface area (Å²) in [5, 5.41) is 18.4. The fourth-order valence-corrected chi connectivity index (χ4v) is 3.02. The first-order valence-corrected chi connectivity index (χ1v) is 11.2. The number of phenolic OH excluding ortho intramolecular Hbond substituents is 2. The standard InChI is InChI=1S/C14H18O3.C14H16O3/c2*1-3-4-5-12(10-14(16)17-2)11-6-8-13(15)9-7-11/h4-9,12,15H,3,10H2,1-2H3;6-9,12,15H,3,10H2,1-2H3/b5-4-;/t2*12-/m11/s1. The summed E-state index contributed by atoms with van der Waals surface area (Å²) in [5.74, 6) is 5.75. The van der Waals surface area contributed by atoms with Gasteiger partial charge < -0.3 is 19.7 Å². The summed E-state index contributed by atoms with van der Waals surface area (Å²) in [5.41, 5.74) is 1.91. The van der Waals surface area contributed by atoms with Crippen molar-refractivity contribution in [2.75, 3.05) is 14.2 Å². The van der Waals surface area contributed by atoms with Crippen LogP contribution < -0.4 is 0 Å². The summed E-state index contributed by atoms with van der Waals surface area (Å²) in [6.45, 7) is 4.00. The van der Waals surface area contributed by atoms with Crippen molar-refractivity contribution in [2.45, 2.75) is 51.4 Å². The average Bonchev–Trinajstić information content (AvgIpc) is 2.85. The maximum absolute atomic E-state index is 11.3. The highest BCUT2D eigenvalue weighted by Gasteiger charge is 2.14. The Morgan fingerprint density at radius 2 is 1.35 bits per heavy atom. The van der Waals surface area contributed by atoms with E-state index in [1.54, 1.807) is 36.4 Å². The van der Waals surface area contributed by atoms with Crippen LogP contribution in [-0.2, 0) is 19.1 Å². The molecular weight excluding hydrogens is 432 g/mol. The summed E-state index contributed by atoms with van der Waals surface area (Å²) in [6.07, 6.45) is 6.25. The summed E-state index contributed by atoms with van der Waals surface area (Å²) in [6, 6.07) is 13.6. The molecule has 2 aromatic carbocycles. The molecule has 0 fully saturated rings. The smallest absolute Gasteiger partial charge is 0.307 e. The van der Waals surface area contributed by atoms with E-state index < -0.39 is 0 Å². The van der Waals surface area contributed by atoms with Crippen LogP contribution in [0.2, 0.25) is 0 Å². The Hall–Kier alpha value is -3.72. The molecule has 0 spiro atoms. The number of ether oxygens (including phenoxy) is 2. The summed E-state index contributed by atoms with van der Waals surface area (Å²) >= 11 is 0. The second-order valence-corrected chi connectivity index (χ2v) is 7.41. The molecule has 2 atom stereocenters. The second kappa shape index (κ2) is 16.0. The molecule has 2 rings (SSSR count). The molecular formula is C28H34O6. The molecule has 0 aliphatic carbocycles. The first kappa shape index (κ1) is 28.3. The topological polar surface area (TPSA) is 93.1 Å². The van der Waals surface area contributed by atoms with Crippen LogP contribution in [0.4, 0.5) is 0 Å². The lowest BCUT2D eigenvalue weighted by molar-refractivity contribution is -0.141. The van der Waals surface area contributed by atoms with Crippen LogP contribution in [0, 0.1) is 11.8 Å². The number of carbonyl (C=O) groups excluding carboxylic acids is 2. The second-order valence-electron chi connectivity index (χ2n) is 7.41. The molecule has 0 heterocycles. The molecule has 0 unspecified atom stereocenters. The lowest BCUT2D eigenvalue weighted by atomic mass is 9.95. The molecule has 0 aliphatic rings. The van der Waals surface area contributed by atoms with Gasteiger partial charge in [-0.3, -0.25) is 9.59 Å². The zero-order valence-electron chi connectivity index (χ0n) is 20.3. The van der Waals surface area contributed by atoms with Crippen molar-refractivity contribution in [1.82, 2.24) is 0 Å². The van der Waals surface area contributed by atoms with Gasteiger partial charge in [-0.1, -0.05) is 56.2 Å². The van der Waals surface area contributed by atoms with Gasteiger partial charge in [-0.25, -0.2) is 0 Å². The molecule has 0 aliphatic heterocycles. The van der Waals surface area contributed by atoms with E-state index in [0.29, 0.717) is 6.42 Å². The first-order chi connectivity index (χ1) is 16.3. The fourth-order valence-electron chi connectivity index (χ4n) is 3.02. The quantitative estimate of drug-likeness (QED) is 0.305. The van der Waals surface area contributed by atoms with Gasteiger partial charge in [0.15, 0.2) is 0 Å². The van der Waals surface area contributed by atoms with E-state index in [1.807, 2.05) is 38.1 Å². The van der Waals surface area contributed by atoms with E-state index in [1.165, 1.54) is 14.2 Å². The van der Waals surface area contributed by atoms with Crippen LogP contribution in [0.3, 0.4) is 0 Å². The van der Waals surface area contributed by atoms with Crippen molar-refractivity contribution in [3.63, 3.8) is 0 Å². The predicted octanol–water partition coefficient (Wildman–Crippen LogP) is 5.46. The van der Waals surface area contributed by atoms with Crippen LogP contribution >= 0.6 is 0 Å². The normalized spacial score (nSPS) is 11.9. The molecule has 182 valence electrons. The van der Waals surface area contributed by atoms with Gasteiger partial charge >= 0.3 is 11.9 Å². The minimum absolute atomic E-state index is 0.00278. The van der Waals surface area contributed by atoms with Crippen LogP contribution in [-0.4, -0.2) is 36.4 Å². The zero-order chi connectivity index (χ0) is 25.3. The zero-order valence-corrected chi connectivity index (χ0v) is 20.3. The summed E-state index contributed by atoms with van der Waals surface area (Å²) < 4.78 is 9.33. The molecule has 34 heavy (non-hydrogen) atoms. The number of hydrogen-bond acceptors (Lipinski definition) is 6. The highest BCUT2D eigenvalue weighted by molar-refractivity contribution is 5.71. The molecule has 0 saturated heterocycles. The molecule has 0 bridgehead atoms. The van der Waals surface area contributed by atoms with Crippen molar-refractivity contribution in [3.05, 3.63) is 71.8 Å². The highest BCUT2D eigenvalue weighted by atomic mass is 16.5. The van der Waals surface area contributed by atoms with E-state index in [-0.39, 0.29) is 41.7 Å². The van der Waals surface area contributed by atoms with Gasteiger partial charge in [0.2, 0.25) is 0 Å². The van der Waals surface area contributed by atoms with Crippen molar-refractivity contribution in [2.24, 2.45) is 0 Å². The number of rotatable bonds is 8. The van der Waals surface area contributed by atoms with Gasteiger partial charge in [-0.2, -0.15) is 0 Å². The Balaban J connectivity index is 0.000000340. The van der Waals surface area contributed by atoms with E-state index in [2.05, 4.69) is 21.3 Å². The Morgan fingerprint density at radius 1 is 0.853 bits per heavy atom. The van der Waals surface area contributed by atoms with E-state index in [4.69, 9.17) is 0 Å². The van der Waals surface area contributed by atoms with Gasteiger partial charge in [-0.15, -0.1) is 5.92 Å². The highest BCUT2D eigenvalue weighted by Crippen LogP contribution is 2.24. The van der Waals surface area contributed by atoms with Crippen molar-refractivity contribution >= 4 is 11.9 Å². The maximum atomic E-state index is 11.3. The minimum atomic E-state index is -0.284. The number of esters is 2. The molecule has 6 heteroatoms. The Bertz CT molecular complexity index is 965. The van der Waals surface area contributed by atoms with Gasteiger partial charge in [0.25, 0.3) is 0 Å².